The maximum atomic E-state index is 12.5. The smallest absolute Gasteiger partial charge is 0.272 e. The zero-order valence-electron chi connectivity index (χ0n) is 13.2. The molecule has 2 atom stereocenters. The topological polar surface area (TPSA) is 77.4 Å². The van der Waals surface area contributed by atoms with Crippen molar-refractivity contribution in [1.82, 2.24) is 19.9 Å². The van der Waals surface area contributed by atoms with Gasteiger partial charge in [0, 0.05) is 31.4 Å². The van der Waals surface area contributed by atoms with E-state index in [1.54, 1.807) is 23.4 Å². The Bertz CT molecular complexity index is 712. The molecule has 0 aromatic carbocycles. The molecule has 0 aliphatic carbocycles. The molecule has 2 saturated heterocycles. The van der Waals surface area contributed by atoms with Gasteiger partial charge in [-0.25, -0.2) is 15.0 Å². The summed E-state index contributed by atoms with van der Waals surface area (Å²) in [6.45, 7) is 1.75. The zero-order valence-corrected chi connectivity index (χ0v) is 13.2. The third kappa shape index (κ3) is 2.94. The fraction of sp³-hybridized carbons (Fsp3) is 0.412. The predicted octanol–water partition coefficient (Wildman–Crippen LogP) is 1.32. The Kier molecular flexibility index (Phi) is 3.86. The summed E-state index contributed by atoms with van der Waals surface area (Å²) < 4.78 is 11.9. The molecule has 0 N–H and O–H groups in total. The second-order valence-corrected chi connectivity index (χ2v) is 6.18. The first-order valence-electron chi connectivity index (χ1n) is 8.01. The molecule has 1 amide bonds. The molecule has 124 valence electrons. The van der Waals surface area contributed by atoms with Crippen molar-refractivity contribution in [1.29, 1.82) is 0 Å². The van der Waals surface area contributed by atoms with Crippen LogP contribution in [0.4, 0.5) is 0 Å². The van der Waals surface area contributed by atoms with Gasteiger partial charge in [0.15, 0.2) is 0 Å². The predicted molar refractivity (Wildman–Crippen MR) is 84.5 cm³/mol. The van der Waals surface area contributed by atoms with Crippen LogP contribution in [0.2, 0.25) is 0 Å². The average molecular weight is 326 g/mol. The number of aromatic nitrogens is 3. The molecule has 0 saturated carbocycles. The SMILES string of the molecule is O=C(c1ccncn1)N1CC[C@]2(C[C@@H](Oc3ccccn3)CO2)C1. The molecule has 7 heteroatoms. The van der Waals surface area contributed by atoms with Gasteiger partial charge < -0.3 is 14.4 Å². The summed E-state index contributed by atoms with van der Waals surface area (Å²) >= 11 is 0. The Morgan fingerprint density at radius 1 is 1.29 bits per heavy atom. The molecule has 7 nitrogen and oxygen atoms in total. The highest BCUT2D eigenvalue weighted by molar-refractivity contribution is 5.92. The van der Waals surface area contributed by atoms with Crippen LogP contribution in [0.5, 0.6) is 5.88 Å². The minimum absolute atomic E-state index is 0.0333. The van der Waals surface area contributed by atoms with Crippen molar-refractivity contribution in [2.75, 3.05) is 19.7 Å². The van der Waals surface area contributed by atoms with Gasteiger partial charge in [0.05, 0.1) is 18.8 Å². The summed E-state index contributed by atoms with van der Waals surface area (Å²) in [5, 5.41) is 0. The van der Waals surface area contributed by atoms with E-state index in [1.165, 1.54) is 6.33 Å². The van der Waals surface area contributed by atoms with Crippen LogP contribution in [0.25, 0.3) is 0 Å². The normalized spacial score (nSPS) is 26.0. The van der Waals surface area contributed by atoms with Crippen LogP contribution >= 0.6 is 0 Å². The van der Waals surface area contributed by atoms with Gasteiger partial charge in [-0.2, -0.15) is 0 Å². The summed E-state index contributed by atoms with van der Waals surface area (Å²) in [5.41, 5.74) is 0.101. The Hall–Kier alpha value is -2.54. The number of ether oxygens (including phenoxy) is 2. The van der Waals surface area contributed by atoms with Gasteiger partial charge in [0.25, 0.3) is 5.91 Å². The number of carbonyl (C=O) groups is 1. The lowest BCUT2D eigenvalue weighted by Gasteiger charge is -2.23. The molecule has 24 heavy (non-hydrogen) atoms. The van der Waals surface area contributed by atoms with E-state index < -0.39 is 0 Å². The van der Waals surface area contributed by atoms with Crippen molar-refractivity contribution in [3.8, 4) is 5.88 Å². The molecular weight excluding hydrogens is 308 g/mol. The maximum absolute atomic E-state index is 12.5. The Balaban J connectivity index is 1.39. The van der Waals surface area contributed by atoms with E-state index in [4.69, 9.17) is 9.47 Å². The third-order valence-corrected chi connectivity index (χ3v) is 4.50. The molecule has 1 spiro atoms. The number of carbonyl (C=O) groups excluding carboxylic acids is 1. The van der Waals surface area contributed by atoms with Gasteiger partial charge in [-0.15, -0.1) is 0 Å². The molecule has 2 aliphatic heterocycles. The van der Waals surface area contributed by atoms with Gasteiger partial charge in [-0.1, -0.05) is 6.07 Å². The first-order valence-corrected chi connectivity index (χ1v) is 8.01. The van der Waals surface area contributed by atoms with Crippen LogP contribution in [-0.4, -0.2) is 57.2 Å². The second-order valence-electron chi connectivity index (χ2n) is 6.18. The molecule has 0 unspecified atom stereocenters. The third-order valence-electron chi connectivity index (χ3n) is 4.50. The average Bonchev–Trinajstić information content (AvgIpc) is 3.23. The van der Waals surface area contributed by atoms with Crippen LogP contribution < -0.4 is 4.74 Å². The fourth-order valence-electron chi connectivity index (χ4n) is 3.35. The summed E-state index contributed by atoms with van der Waals surface area (Å²) in [7, 11) is 0. The quantitative estimate of drug-likeness (QED) is 0.847. The number of hydrogen-bond acceptors (Lipinski definition) is 6. The molecule has 2 aliphatic rings. The van der Waals surface area contributed by atoms with Crippen molar-refractivity contribution in [3.05, 3.63) is 48.7 Å². The molecule has 4 rings (SSSR count). The second kappa shape index (κ2) is 6.16. The number of rotatable bonds is 3. The summed E-state index contributed by atoms with van der Waals surface area (Å²) in [4.78, 5) is 26.4. The van der Waals surface area contributed by atoms with Gasteiger partial charge in [0.2, 0.25) is 5.88 Å². The molecule has 2 aromatic rings. The van der Waals surface area contributed by atoms with Gasteiger partial charge in [-0.3, -0.25) is 4.79 Å². The van der Waals surface area contributed by atoms with Crippen molar-refractivity contribution in [2.45, 2.75) is 24.5 Å². The largest absolute Gasteiger partial charge is 0.472 e. The van der Waals surface area contributed by atoms with Crippen molar-refractivity contribution in [3.63, 3.8) is 0 Å². The van der Waals surface area contributed by atoms with Crippen molar-refractivity contribution < 1.29 is 14.3 Å². The Morgan fingerprint density at radius 2 is 2.25 bits per heavy atom. The molecule has 4 heterocycles. The Labute approximate surface area is 139 Å². The van der Waals surface area contributed by atoms with E-state index in [1.807, 2.05) is 18.2 Å². The fourth-order valence-corrected chi connectivity index (χ4v) is 3.35. The Morgan fingerprint density at radius 3 is 3.04 bits per heavy atom. The number of hydrogen-bond donors (Lipinski definition) is 0. The van der Waals surface area contributed by atoms with Crippen LogP contribution in [-0.2, 0) is 4.74 Å². The minimum atomic E-state index is -0.317. The van der Waals surface area contributed by atoms with E-state index in [-0.39, 0.29) is 17.6 Å². The van der Waals surface area contributed by atoms with Crippen molar-refractivity contribution >= 4 is 5.91 Å². The molecule has 0 bridgehead atoms. The van der Waals surface area contributed by atoms with Gasteiger partial charge in [0.1, 0.15) is 18.1 Å². The highest BCUT2D eigenvalue weighted by Crippen LogP contribution is 2.36. The minimum Gasteiger partial charge on any atom is -0.472 e. The first-order chi connectivity index (χ1) is 11.7. The summed E-state index contributed by atoms with van der Waals surface area (Å²) in [6, 6.07) is 7.22. The number of nitrogens with zero attached hydrogens (tertiary/aromatic N) is 4. The number of pyridine rings is 1. The van der Waals surface area contributed by atoms with Crippen LogP contribution in [0.3, 0.4) is 0 Å². The monoisotopic (exact) mass is 326 g/mol. The standard InChI is InChI=1S/C17H18N4O3/c22-16(14-4-7-18-12-20-14)21-8-5-17(11-21)9-13(10-23-17)24-15-3-1-2-6-19-15/h1-4,6-7,12-13H,5,8-11H2/t13-,17+/m1/s1. The summed E-state index contributed by atoms with van der Waals surface area (Å²) in [5.74, 6) is 0.530. The molecular formula is C17H18N4O3. The van der Waals surface area contributed by atoms with Crippen LogP contribution in [0.1, 0.15) is 23.3 Å². The lowest BCUT2D eigenvalue weighted by atomic mass is 9.98. The van der Waals surface area contributed by atoms with E-state index in [0.717, 1.165) is 12.8 Å². The maximum Gasteiger partial charge on any atom is 0.272 e. The lowest BCUT2D eigenvalue weighted by molar-refractivity contribution is 0.00979. The number of amides is 1. The molecule has 2 fully saturated rings. The highest BCUT2D eigenvalue weighted by Gasteiger charge is 2.47. The zero-order chi connectivity index (χ0) is 16.4. The van der Waals surface area contributed by atoms with Gasteiger partial charge >= 0.3 is 0 Å². The highest BCUT2D eigenvalue weighted by atomic mass is 16.6. The number of likely N-dealkylation sites (tertiary alicyclic amines) is 1. The van der Waals surface area contributed by atoms with E-state index >= 15 is 0 Å². The summed E-state index contributed by atoms with van der Waals surface area (Å²) in [6.07, 6.45) is 6.22. The lowest BCUT2D eigenvalue weighted by Crippen LogP contribution is -2.36. The van der Waals surface area contributed by atoms with Gasteiger partial charge in [-0.05, 0) is 18.6 Å². The van der Waals surface area contributed by atoms with Crippen LogP contribution in [0, 0.1) is 0 Å². The van der Waals surface area contributed by atoms with Crippen LogP contribution in [0.15, 0.2) is 43.0 Å². The van der Waals surface area contributed by atoms with E-state index in [0.29, 0.717) is 31.3 Å². The van der Waals surface area contributed by atoms with E-state index in [2.05, 4.69) is 15.0 Å². The van der Waals surface area contributed by atoms with E-state index in [9.17, 15) is 4.79 Å². The molecule has 0 radical (unpaired) electrons. The first kappa shape index (κ1) is 15.0. The molecule has 2 aromatic heterocycles. The van der Waals surface area contributed by atoms with Crippen molar-refractivity contribution in [2.24, 2.45) is 0 Å².